The smallest absolute Gasteiger partial charge is 0.346 e. The molecule has 0 saturated heterocycles. The number of hydrogen-bond donors (Lipinski definition) is 0. The third-order valence-electron chi connectivity index (χ3n) is 3.87. The summed E-state index contributed by atoms with van der Waals surface area (Å²) in [5.41, 5.74) is 0.264. The van der Waals surface area contributed by atoms with Gasteiger partial charge < -0.3 is 4.23 Å². The Labute approximate surface area is 138 Å². The molecule has 0 bridgehead atoms. The van der Waals surface area contributed by atoms with Gasteiger partial charge in [-0.3, -0.25) is 4.11 Å². The molecule has 1 nitrogen and oxygen atoms in total. The first-order chi connectivity index (χ1) is 10.6. The topological polar surface area (TPSA) is 3.24 Å². The maximum Gasteiger partial charge on any atom is 0.528 e. The molecule has 0 N–H and O–H groups in total. The van der Waals surface area contributed by atoms with Gasteiger partial charge in [0, 0.05) is 17.3 Å². The van der Waals surface area contributed by atoms with E-state index in [1.54, 1.807) is 81.4 Å². The van der Waals surface area contributed by atoms with Crippen LogP contribution in [0.2, 0.25) is 11.6 Å². The highest BCUT2D eigenvalue weighted by Crippen LogP contribution is 2.44. The Morgan fingerprint density at radius 3 is 1.61 bits per heavy atom. The van der Waals surface area contributed by atoms with Gasteiger partial charge in [-0.25, -0.2) is 8.22 Å². The van der Waals surface area contributed by atoms with E-state index in [0.717, 1.165) is 10.8 Å². The van der Waals surface area contributed by atoms with E-state index in [1.165, 1.54) is 0 Å². The molecule has 0 aliphatic rings. The second-order valence-electron chi connectivity index (χ2n) is 6.75. The molecule has 2 aromatic rings. The van der Waals surface area contributed by atoms with Gasteiger partial charge in [-0.2, -0.15) is 0 Å². The summed E-state index contributed by atoms with van der Waals surface area (Å²) in [5, 5.41) is -0.526. The standard InChI is InChI=1S/C17H22F3NSi2/c1-17(2,3)23(20,16-13-9-6-10-14-16)21(22(4,18)19)15-11-7-5-8-12-15/h5-14H,1-4H3. The maximum absolute atomic E-state index is 16.5. The molecule has 0 radical (unpaired) electrons. The van der Waals surface area contributed by atoms with E-state index < -0.39 is 22.5 Å². The predicted octanol–water partition coefficient (Wildman–Crippen LogP) is 5.12. The van der Waals surface area contributed by atoms with Crippen molar-refractivity contribution < 1.29 is 12.3 Å². The summed E-state index contributed by atoms with van der Waals surface area (Å²) >= 11 is 0. The number of hydrogen-bond acceptors (Lipinski definition) is 1. The first-order valence-electron chi connectivity index (χ1n) is 7.56. The molecule has 0 heterocycles. The van der Waals surface area contributed by atoms with E-state index in [9.17, 15) is 8.22 Å². The molecule has 1 unspecified atom stereocenters. The largest absolute Gasteiger partial charge is 0.528 e. The van der Waals surface area contributed by atoms with E-state index in [2.05, 4.69) is 0 Å². The van der Waals surface area contributed by atoms with Gasteiger partial charge in [0.25, 0.3) is 0 Å². The zero-order chi connectivity index (χ0) is 17.3. The fourth-order valence-corrected chi connectivity index (χ4v) is 9.90. The highest BCUT2D eigenvalue weighted by Gasteiger charge is 2.61. The Kier molecular flexibility index (Phi) is 4.77. The van der Waals surface area contributed by atoms with Gasteiger partial charge in [0.1, 0.15) is 0 Å². The summed E-state index contributed by atoms with van der Waals surface area (Å²) < 4.78 is 46.6. The van der Waals surface area contributed by atoms with Crippen LogP contribution in [0.25, 0.3) is 0 Å². The SMILES string of the molecule is CC(C)(C)[Si](F)(c1ccccc1)N(c1ccccc1)[Si](C)(F)F. The van der Waals surface area contributed by atoms with Crippen LogP contribution in [0, 0.1) is 0 Å². The van der Waals surface area contributed by atoms with Crippen molar-refractivity contribution in [2.24, 2.45) is 0 Å². The summed E-state index contributed by atoms with van der Waals surface area (Å²) in [4.78, 5) is 0. The van der Waals surface area contributed by atoms with Crippen LogP contribution in [0.5, 0.6) is 0 Å². The lowest BCUT2D eigenvalue weighted by Gasteiger charge is -2.46. The molecule has 2 aromatic carbocycles. The Balaban J connectivity index is 2.74. The fourth-order valence-electron chi connectivity index (χ4n) is 2.81. The molecule has 0 aliphatic heterocycles. The van der Waals surface area contributed by atoms with Gasteiger partial charge in [0.15, 0.2) is 0 Å². The molecule has 23 heavy (non-hydrogen) atoms. The highest BCUT2D eigenvalue weighted by molar-refractivity contribution is 7.02. The van der Waals surface area contributed by atoms with Crippen LogP contribution in [0.15, 0.2) is 60.7 Å². The molecule has 0 aliphatic carbocycles. The Bertz CT molecular complexity index is 638. The van der Waals surface area contributed by atoms with Crippen LogP contribution in [0.3, 0.4) is 0 Å². The van der Waals surface area contributed by atoms with Crippen molar-refractivity contribution in [3.63, 3.8) is 0 Å². The normalized spacial score (nSPS) is 15.1. The van der Waals surface area contributed by atoms with Gasteiger partial charge >= 0.3 is 17.5 Å². The maximum atomic E-state index is 16.5. The average Bonchev–Trinajstić information content (AvgIpc) is 2.46. The lowest BCUT2D eigenvalue weighted by atomic mass is 10.2. The van der Waals surface area contributed by atoms with Crippen molar-refractivity contribution in [2.45, 2.75) is 32.4 Å². The summed E-state index contributed by atoms with van der Waals surface area (Å²) in [5.74, 6) is 0. The fraction of sp³-hybridized carbons (Fsp3) is 0.294. The minimum absolute atomic E-state index is 0.264. The molecular formula is C17H22F3NSi2. The molecule has 0 fully saturated rings. The van der Waals surface area contributed by atoms with Gasteiger partial charge in [0.05, 0.1) is 0 Å². The molecule has 2 rings (SSSR count). The highest BCUT2D eigenvalue weighted by atomic mass is 28.5. The predicted molar refractivity (Wildman–Crippen MR) is 95.4 cm³/mol. The molecule has 0 aromatic heterocycles. The van der Waals surface area contributed by atoms with E-state index in [4.69, 9.17) is 0 Å². The summed E-state index contributed by atoms with van der Waals surface area (Å²) in [7, 11) is -9.12. The number of anilines is 1. The van der Waals surface area contributed by atoms with Gasteiger partial charge in [-0.05, 0) is 17.3 Å². The summed E-state index contributed by atoms with van der Waals surface area (Å²) in [6, 6.07) is 16.7. The minimum Gasteiger partial charge on any atom is -0.346 e. The van der Waals surface area contributed by atoms with Crippen molar-refractivity contribution in [2.75, 3.05) is 4.23 Å². The van der Waals surface area contributed by atoms with Crippen LogP contribution in [0.1, 0.15) is 20.8 Å². The van der Waals surface area contributed by atoms with E-state index in [0.29, 0.717) is 5.19 Å². The van der Waals surface area contributed by atoms with Crippen molar-refractivity contribution in [3.05, 3.63) is 60.7 Å². The average molecular weight is 354 g/mol. The van der Waals surface area contributed by atoms with Gasteiger partial charge in [-0.15, -0.1) is 0 Å². The van der Waals surface area contributed by atoms with Crippen LogP contribution in [-0.4, -0.2) is 17.5 Å². The van der Waals surface area contributed by atoms with Crippen molar-refractivity contribution in [1.82, 2.24) is 0 Å². The number of halogens is 3. The van der Waals surface area contributed by atoms with E-state index in [-0.39, 0.29) is 5.69 Å². The van der Waals surface area contributed by atoms with Crippen molar-refractivity contribution in [3.8, 4) is 0 Å². The van der Waals surface area contributed by atoms with Gasteiger partial charge in [-0.1, -0.05) is 69.3 Å². The zero-order valence-electron chi connectivity index (χ0n) is 13.9. The number of nitrogens with zero attached hydrogens (tertiary/aromatic N) is 1. The Hall–Kier alpha value is -1.54. The van der Waals surface area contributed by atoms with Crippen LogP contribution < -0.4 is 9.42 Å². The number of benzene rings is 2. The summed E-state index contributed by atoms with van der Waals surface area (Å²) in [6.45, 7) is 6.03. The van der Waals surface area contributed by atoms with Crippen molar-refractivity contribution in [1.29, 1.82) is 0 Å². The minimum atomic E-state index is -4.94. The molecule has 1 atom stereocenters. The van der Waals surface area contributed by atoms with Crippen LogP contribution in [0.4, 0.5) is 18.0 Å². The second-order valence-corrected chi connectivity index (χ2v) is 13.1. The van der Waals surface area contributed by atoms with E-state index >= 15 is 4.11 Å². The van der Waals surface area contributed by atoms with Crippen LogP contribution >= 0.6 is 0 Å². The third kappa shape index (κ3) is 3.38. The lowest BCUT2D eigenvalue weighted by molar-refractivity contribution is 0.577. The second kappa shape index (κ2) is 6.16. The summed E-state index contributed by atoms with van der Waals surface area (Å²) in [6.07, 6.45) is 0. The van der Waals surface area contributed by atoms with Gasteiger partial charge in [0.2, 0.25) is 0 Å². The molecule has 0 saturated carbocycles. The number of para-hydroxylation sites is 1. The quantitative estimate of drug-likeness (QED) is 0.545. The van der Waals surface area contributed by atoms with Crippen molar-refractivity contribution >= 4 is 28.3 Å². The molecular weight excluding hydrogens is 331 g/mol. The molecule has 6 heteroatoms. The Morgan fingerprint density at radius 1 is 0.783 bits per heavy atom. The molecule has 0 spiro atoms. The zero-order valence-corrected chi connectivity index (χ0v) is 15.9. The lowest BCUT2D eigenvalue weighted by Crippen LogP contribution is -2.71. The van der Waals surface area contributed by atoms with Crippen LogP contribution in [-0.2, 0) is 0 Å². The van der Waals surface area contributed by atoms with E-state index in [1.807, 2.05) is 0 Å². The molecule has 0 amide bonds. The number of rotatable bonds is 4. The monoisotopic (exact) mass is 353 g/mol. The first kappa shape index (κ1) is 17.8. The molecule has 124 valence electrons. The Morgan fingerprint density at radius 2 is 1.22 bits per heavy atom. The third-order valence-corrected chi connectivity index (χ3v) is 11.0. The first-order valence-corrected chi connectivity index (χ1v) is 11.6.